The van der Waals surface area contributed by atoms with Crippen molar-refractivity contribution in [3.05, 3.63) is 35.4 Å². The molecular weight excluding hydrogens is 310 g/mol. The van der Waals surface area contributed by atoms with Crippen LogP contribution in [-0.4, -0.2) is 46.5 Å². The molecule has 0 aliphatic carbocycles. The van der Waals surface area contributed by atoms with Crippen LogP contribution in [0, 0.1) is 0 Å². The maximum atomic E-state index is 12.3. The molecule has 0 saturated carbocycles. The van der Waals surface area contributed by atoms with Crippen LogP contribution in [0.2, 0.25) is 0 Å². The molecular formula is C17H21N3O4. The molecule has 7 heteroatoms. The monoisotopic (exact) mass is 331 g/mol. The van der Waals surface area contributed by atoms with Crippen LogP contribution < -0.4 is 10.6 Å². The summed E-state index contributed by atoms with van der Waals surface area (Å²) >= 11 is 0. The number of hydrogen-bond donors (Lipinski definition) is 3. The van der Waals surface area contributed by atoms with Crippen molar-refractivity contribution in [1.82, 2.24) is 15.5 Å². The van der Waals surface area contributed by atoms with E-state index in [1.807, 2.05) is 4.90 Å². The average molecular weight is 331 g/mol. The van der Waals surface area contributed by atoms with Crippen molar-refractivity contribution in [2.24, 2.45) is 0 Å². The van der Waals surface area contributed by atoms with Crippen molar-refractivity contribution >= 4 is 17.9 Å². The summed E-state index contributed by atoms with van der Waals surface area (Å²) < 4.78 is 0. The number of fused-ring (bicyclic) bond motifs is 1. The number of amides is 3. The highest BCUT2D eigenvalue weighted by Crippen LogP contribution is 2.27. The lowest BCUT2D eigenvalue weighted by Crippen LogP contribution is -2.46. The van der Waals surface area contributed by atoms with Gasteiger partial charge in [0.1, 0.15) is 6.04 Å². The smallest absolute Gasteiger partial charge is 0.335 e. The van der Waals surface area contributed by atoms with Gasteiger partial charge in [-0.3, -0.25) is 4.79 Å². The number of carbonyl (C=O) groups is 3. The fraction of sp³-hybridized carbons (Fsp3) is 0.471. The van der Waals surface area contributed by atoms with Crippen molar-refractivity contribution in [3.63, 3.8) is 0 Å². The molecule has 2 fully saturated rings. The van der Waals surface area contributed by atoms with Gasteiger partial charge in [0.15, 0.2) is 0 Å². The van der Waals surface area contributed by atoms with Gasteiger partial charge < -0.3 is 20.6 Å². The number of carboxylic acids is 1. The van der Waals surface area contributed by atoms with Gasteiger partial charge in [-0.15, -0.1) is 0 Å². The van der Waals surface area contributed by atoms with E-state index in [0.717, 1.165) is 31.4 Å². The number of nitrogens with zero attached hydrogens (tertiary/aromatic N) is 1. The fourth-order valence-corrected chi connectivity index (χ4v) is 3.39. The molecule has 1 aromatic rings. The number of benzene rings is 1. The Bertz CT molecular complexity index is 644. The Kier molecular flexibility index (Phi) is 4.69. The molecule has 3 amide bonds. The van der Waals surface area contributed by atoms with Gasteiger partial charge in [-0.25, -0.2) is 9.59 Å². The number of aromatic carboxylic acids is 1. The molecule has 2 unspecified atom stereocenters. The summed E-state index contributed by atoms with van der Waals surface area (Å²) in [4.78, 5) is 37.0. The van der Waals surface area contributed by atoms with Crippen molar-refractivity contribution in [1.29, 1.82) is 0 Å². The zero-order valence-electron chi connectivity index (χ0n) is 13.3. The summed E-state index contributed by atoms with van der Waals surface area (Å²) in [6, 6.07) is 5.75. The van der Waals surface area contributed by atoms with Crippen LogP contribution in [0.5, 0.6) is 0 Å². The molecule has 7 nitrogen and oxygen atoms in total. The first-order chi connectivity index (χ1) is 11.5. The predicted octanol–water partition coefficient (Wildman–Crippen LogP) is 1.34. The Hall–Kier alpha value is -2.57. The molecule has 2 saturated heterocycles. The lowest BCUT2D eigenvalue weighted by Gasteiger charge is -2.28. The van der Waals surface area contributed by atoms with Gasteiger partial charge in [-0.1, -0.05) is 12.1 Å². The standard InChI is InChI=1S/C17H21N3O4/c21-15-14(9-13-3-1-2-8-20(13)15)19-17(24)18-10-11-4-6-12(7-5-11)16(22)23/h4-7,13-14H,1-3,8-10H2,(H,22,23)(H2,18,19,24). The third kappa shape index (κ3) is 3.50. The minimum Gasteiger partial charge on any atom is -0.478 e. The molecule has 2 aliphatic heterocycles. The zero-order chi connectivity index (χ0) is 17.1. The van der Waals surface area contributed by atoms with Crippen LogP contribution in [0.1, 0.15) is 41.6 Å². The summed E-state index contributed by atoms with van der Waals surface area (Å²) in [6.45, 7) is 1.07. The van der Waals surface area contributed by atoms with Gasteiger partial charge in [0.05, 0.1) is 5.56 Å². The second kappa shape index (κ2) is 6.90. The van der Waals surface area contributed by atoms with Gasteiger partial charge in [0, 0.05) is 19.1 Å². The maximum Gasteiger partial charge on any atom is 0.335 e. The van der Waals surface area contributed by atoms with Gasteiger partial charge >= 0.3 is 12.0 Å². The number of carboxylic acid groups (broad SMARTS) is 1. The van der Waals surface area contributed by atoms with E-state index >= 15 is 0 Å². The largest absolute Gasteiger partial charge is 0.478 e. The van der Waals surface area contributed by atoms with Crippen molar-refractivity contribution in [2.45, 2.75) is 44.3 Å². The number of piperidine rings is 1. The Morgan fingerprint density at radius 3 is 2.62 bits per heavy atom. The summed E-state index contributed by atoms with van der Waals surface area (Å²) in [5.74, 6) is -0.968. The molecule has 128 valence electrons. The van der Waals surface area contributed by atoms with Crippen LogP contribution in [0.25, 0.3) is 0 Å². The van der Waals surface area contributed by atoms with E-state index in [1.165, 1.54) is 12.1 Å². The second-order valence-corrected chi connectivity index (χ2v) is 6.30. The molecule has 2 aliphatic rings. The number of nitrogens with one attached hydrogen (secondary N) is 2. The first-order valence-electron chi connectivity index (χ1n) is 8.21. The van der Waals surface area contributed by atoms with Gasteiger partial charge in [-0.05, 0) is 43.4 Å². The van der Waals surface area contributed by atoms with Crippen LogP contribution in [0.3, 0.4) is 0 Å². The minimum atomic E-state index is -0.983. The third-order valence-corrected chi connectivity index (χ3v) is 4.68. The second-order valence-electron chi connectivity index (χ2n) is 6.30. The highest BCUT2D eigenvalue weighted by atomic mass is 16.4. The Morgan fingerprint density at radius 1 is 1.21 bits per heavy atom. The number of urea groups is 1. The Labute approximate surface area is 140 Å². The number of rotatable bonds is 4. The summed E-state index contributed by atoms with van der Waals surface area (Å²) in [7, 11) is 0. The van der Waals surface area contributed by atoms with Crippen LogP contribution in [0.4, 0.5) is 4.79 Å². The van der Waals surface area contributed by atoms with E-state index in [9.17, 15) is 14.4 Å². The topological polar surface area (TPSA) is 98.7 Å². The van der Waals surface area contributed by atoms with Gasteiger partial charge in [0.25, 0.3) is 0 Å². The van der Waals surface area contributed by atoms with E-state index < -0.39 is 12.0 Å². The first-order valence-corrected chi connectivity index (χ1v) is 8.21. The fourth-order valence-electron chi connectivity index (χ4n) is 3.39. The molecule has 2 atom stereocenters. The molecule has 2 heterocycles. The predicted molar refractivity (Wildman–Crippen MR) is 86.5 cm³/mol. The van der Waals surface area contributed by atoms with Crippen molar-refractivity contribution in [3.8, 4) is 0 Å². The van der Waals surface area contributed by atoms with E-state index in [0.29, 0.717) is 6.42 Å². The Morgan fingerprint density at radius 2 is 1.96 bits per heavy atom. The van der Waals surface area contributed by atoms with E-state index in [4.69, 9.17) is 5.11 Å². The van der Waals surface area contributed by atoms with E-state index in [-0.39, 0.29) is 30.1 Å². The van der Waals surface area contributed by atoms with Crippen LogP contribution >= 0.6 is 0 Å². The maximum absolute atomic E-state index is 12.3. The highest BCUT2D eigenvalue weighted by Gasteiger charge is 2.40. The van der Waals surface area contributed by atoms with Gasteiger partial charge in [0.2, 0.25) is 5.91 Å². The molecule has 3 rings (SSSR count). The average Bonchev–Trinajstić information content (AvgIpc) is 2.89. The highest BCUT2D eigenvalue weighted by molar-refractivity contribution is 5.89. The third-order valence-electron chi connectivity index (χ3n) is 4.68. The number of hydrogen-bond acceptors (Lipinski definition) is 3. The lowest BCUT2D eigenvalue weighted by atomic mass is 10.0. The molecule has 0 radical (unpaired) electrons. The molecule has 0 spiro atoms. The summed E-state index contributed by atoms with van der Waals surface area (Å²) in [5.41, 5.74) is 1.00. The van der Waals surface area contributed by atoms with Crippen LogP contribution in [-0.2, 0) is 11.3 Å². The Balaban J connectivity index is 1.49. The molecule has 3 N–H and O–H groups in total. The number of carbonyl (C=O) groups excluding carboxylic acids is 2. The summed E-state index contributed by atoms with van der Waals surface area (Å²) in [5, 5.41) is 14.3. The first kappa shape index (κ1) is 16.3. The molecule has 1 aromatic carbocycles. The van der Waals surface area contributed by atoms with Crippen LogP contribution in [0.15, 0.2) is 24.3 Å². The molecule has 0 bridgehead atoms. The van der Waals surface area contributed by atoms with E-state index in [2.05, 4.69) is 10.6 Å². The summed E-state index contributed by atoms with van der Waals surface area (Å²) in [6.07, 6.45) is 3.87. The SMILES string of the molecule is O=C(NCc1ccc(C(=O)O)cc1)NC1CC2CCCCN2C1=O. The lowest BCUT2D eigenvalue weighted by molar-refractivity contribution is -0.131. The van der Waals surface area contributed by atoms with Crippen molar-refractivity contribution in [2.75, 3.05) is 6.54 Å². The molecule has 24 heavy (non-hydrogen) atoms. The van der Waals surface area contributed by atoms with Gasteiger partial charge in [-0.2, -0.15) is 0 Å². The zero-order valence-corrected chi connectivity index (χ0v) is 13.3. The quantitative estimate of drug-likeness (QED) is 0.775. The normalized spacial score (nSPS) is 22.8. The van der Waals surface area contributed by atoms with E-state index in [1.54, 1.807) is 12.1 Å². The van der Waals surface area contributed by atoms with Crippen molar-refractivity contribution < 1.29 is 19.5 Å². The minimum absolute atomic E-state index is 0.0145. The molecule has 0 aromatic heterocycles.